The number of carbonyl (C=O) groups is 1. The Balaban J connectivity index is 1.28. The number of aryl methyl sites for hydroxylation is 1. The summed E-state index contributed by atoms with van der Waals surface area (Å²) in [4.78, 5) is 27.1. The molecule has 0 unspecified atom stereocenters. The Morgan fingerprint density at radius 1 is 1.05 bits per heavy atom. The number of ether oxygens (including phenoxy) is 1. The van der Waals surface area contributed by atoms with Gasteiger partial charge in [-0.2, -0.15) is 9.40 Å². The fraction of sp³-hybridized carbons (Fsp3) is 0.517. The second kappa shape index (κ2) is 12.8. The first kappa shape index (κ1) is 29.9. The van der Waals surface area contributed by atoms with E-state index >= 15 is 0 Å². The van der Waals surface area contributed by atoms with Crippen molar-refractivity contribution >= 4 is 54.2 Å². The van der Waals surface area contributed by atoms with Crippen LogP contribution in [0.3, 0.4) is 0 Å². The molecular formula is C29H38N8O4S2. The standard InChI is InChI=1S/C29H38N8O4S2/c1-43(39,40)36-12-10-34(11-13-36)20-21-18-24-27(42-21)29(35-14-16-41-17-15-35)33-28(32-24)22-6-5-7-25-23(22)19-31-37(25)9-4-2-3-8-26(30)38/h5-7,18-19H,2-4,8-17,20H2,1H3,(H2,30,38). The van der Waals surface area contributed by atoms with Gasteiger partial charge in [0.05, 0.1) is 41.4 Å². The molecule has 0 saturated carbocycles. The fourth-order valence-electron chi connectivity index (χ4n) is 5.81. The van der Waals surface area contributed by atoms with Gasteiger partial charge in [-0.25, -0.2) is 18.4 Å². The van der Waals surface area contributed by atoms with Crippen molar-refractivity contribution < 1.29 is 17.9 Å². The van der Waals surface area contributed by atoms with Crippen LogP contribution >= 0.6 is 11.3 Å². The van der Waals surface area contributed by atoms with Crippen LogP contribution in [0.25, 0.3) is 32.5 Å². The Hall–Kier alpha value is -3.17. The number of anilines is 1. The lowest BCUT2D eigenvalue weighted by Gasteiger charge is -2.32. The molecule has 0 aliphatic carbocycles. The maximum atomic E-state index is 11.9. The van der Waals surface area contributed by atoms with Crippen LogP contribution in [0.5, 0.6) is 0 Å². The monoisotopic (exact) mass is 626 g/mol. The zero-order chi connectivity index (χ0) is 30.0. The number of benzene rings is 1. The maximum absolute atomic E-state index is 11.9. The quantitative estimate of drug-likeness (QED) is 0.249. The van der Waals surface area contributed by atoms with E-state index in [9.17, 15) is 13.2 Å². The van der Waals surface area contributed by atoms with E-state index in [1.807, 2.05) is 16.9 Å². The molecule has 2 aliphatic rings. The number of carbonyl (C=O) groups excluding carboxylic acids is 1. The predicted molar refractivity (Wildman–Crippen MR) is 169 cm³/mol. The van der Waals surface area contributed by atoms with E-state index in [2.05, 4.69) is 33.1 Å². The summed E-state index contributed by atoms with van der Waals surface area (Å²) in [5, 5.41) is 5.68. The molecule has 5 heterocycles. The number of unbranched alkanes of at least 4 members (excludes halogenated alkanes) is 2. The van der Waals surface area contributed by atoms with Crippen molar-refractivity contribution in [2.24, 2.45) is 5.73 Å². The average Bonchev–Trinajstić information content (AvgIpc) is 3.60. The Morgan fingerprint density at radius 3 is 2.58 bits per heavy atom. The molecule has 230 valence electrons. The lowest BCUT2D eigenvalue weighted by atomic mass is 10.1. The molecule has 3 aromatic heterocycles. The summed E-state index contributed by atoms with van der Waals surface area (Å²) in [6, 6.07) is 8.32. The molecule has 0 atom stereocenters. The molecule has 12 nitrogen and oxygen atoms in total. The van der Waals surface area contributed by atoms with Gasteiger partial charge in [-0.05, 0) is 25.0 Å². The number of aromatic nitrogens is 4. The summed E-state index contributed by atoms with van der Waals surface area (Å²) in [6.07, 6.45) is 6.21. The lowest BCUT2D eigenvalue weighted by molar-refractivity contribution is -0.118. The minimum atomic E-state index is -3.16. The summed E-state index contributed by atoms with van der Waals surface area (Å²) >= 11 is 1.72. The number of nitrogens with two attached hydrogens (primary N) is 1. The van der Waals surface area contributed by atoms with E-state index in [1.165, 1.54) is 11.1 Å². The van der Waals surface area contributed by atoms with Crippen molar-refractivity contribution in [3.8, 4) is 11.4 Å². The number of amides is 1. The van der Waals surface area contributed by atoms with Crippen LogP contribution in [-0.2, 0) is 32.6 Å². The van der Waals surface area contributed by atoms with Crippen LogP contribution in [0.15, 0.2) is 30.5 Å². The van der Waals surface area contributed by atoms with Crippen molar-refractivity contribution in [2.45, 2.75) is 38.8 Å². The molecule has 2 aliphatic heterocycles. The zero-order valence-corrected chi connectivity index (χ0v) is 26.1. The third kappa shape index (κ3) is 6.83. The number of thiophene rings is 1. The third-order valence-corrected chi connectivity index (χ3v) is 10.5. The summed E-state index contributed by atoms with van der Waals surface area (Å²) in [6.45, 7) is 6.79. The fourth-order valence-corrected chi connectivity index (χ4v) is 7.79. The van der Waals surface area contributed by atoms with Gasteiger partial charge in [0.1, 0.15) is 0 Å². The normalized spacial score (nSPS) is 17.3. The van der Waals surface area contributed by atoms with Crippen molar-refractivity contribution in [1.29, 1.82) is 0 Å². The van der Waals surface area contributed by atoms with Crippen LogP contribution in [0.4, 0.5) is 5.82 Å². The van der Waals surface area contributed by atoms with Gasteiger partial charge in [-0.3, -0.25) is 14.4 Å². The third-order valence-electron chi connectivity index (χ3n) is 8.12. The van der Waals surface area contributed by atoms with Crippen molar-refractivity contribution in [2.75, 3.05) is 63.6 Å². The molecule has 0 spiro atoms. The topological polar surface area (TPSA) is 140 Å². The van der Waals surface area contributed by atoms with E-state index in [1.54, 1.807) is 15.6 Å². The minimum absolute atomic E-state index is 0.257. The predicted octanol–water partition coefficient (Wildman–Crippen LogP) is 2.67. The highest BCUT2D eigenvalue weighted by Crippen LogP contribution is 2.36. The Labute approximate surface area is 255 Å². The molecular weight excluding hydrogens is 589 g/mol. The van der Waals surface area contributed by atoms with Gasteiger partial charge in [0.2, 0.25) is 15.9 Å². The summed E-state index contributed by atoms with van der Waals surface area (Å²) in [7, 11) is -3.16. The van der Waals surface area contributed by atoms with Crippen molar-refractivity contribution in [3.05, 3.63) is 35.3 Å². The molecule has 2 saturated heterocycles. The van der Waals surface area contributed by atoms with E-state index in [0.29, 0.717) is 51.6 Å². The smallest absolute Gasteiger partial charge is 0.217 e. The molecule has 0 bridgehead atoms. The van der Waals surface area contributed by atoms with Crippen molar-refractivity contribution in [3.63, 3.8) is 0 Å². The van der Waals surface area contributed by atoms with Gasteiger partial charge in [0, 0.05) is 74.6 Å². The second-order valence-electron chi connectivity index (χ2n) is 11.2. The molecule has 2 fully saturated rings. The highest BCUT2D eigenvalue weighted by atomic mass is 32.2. The van der Waals surface area contributed by atoms with Crippen molar-refractivity contribution in [1.82, 2.24) is 29.0 Å². The molecule has 0 radical (unpaired) electrons. The second-order valence-corrected chi connectivity index (χ2v) is 14.3. The first-order valence-corrected chi connectivity index (χ1v) is 17.5. The minimum Gasteiger partial charge on any atom is -0.378 e. The Morgan fingerprint density at radius 2 is 1.84 bits per heavy atom. The molecule has 1 aromatic carbocycles. The number of primary amides is 1. The molecule has 1 amide bonds. The summed E-state index contributed by atoms with van der Waals surface area (Å²) in [5.74, 6) is 1.35. The van der Waals surface area contributed by atoms with Crippen LogP contribution in [0, 0.1) is 0 Å². The number of hydrogen-bond acceptors (Lipinski definition) is 10. The first-order chi connectivity index (χ1) is 20.8. The summed E-state index contributed by atoms with van der Waals surface area (Å²) in [5.41, 5.74) is 8.16. The number of nitrogens with zero attached hydrogens (tertiary/aromatic N) is 7. The number of morpholine rings is 1. The van der Waals surface area contributed by atoms with Gasteiger partial charge in [-0.15, -0.1) is 11.3 Å². The van der Waals surface area contributed by atoms with E-state index < -0.39 is 10.0 Å². The average molecular weight is 627 g/mol. The number of rotatable bonds is 11. The van der Waals surface area contributed by atoms with Crippen LogP contribution in [0.1, 0.15) is 30.6 Å². The van der Waals surface area contributed by atoms with Crippen LogP contribution < -0.4 is 10.6 Å². The van der Waals surface area contributed by atoms with Gasteiger partial charge < -0.3 is 15.4 Å². The highest BCUT2D eigenvalue weighted by molar-refractivity contribution is 7.88. The molecule has 6 rings (SSSR count). The number of piperazine rings is 1. The number of hydrogen-bond donors (Lipinski definition) is 1. The molecule has 43 heavy (non-hydrogen) atoms. The zero-order valence-electron chi connectivity index (χ0n) is 24.4. The van der Waals surface area contributed by atoms with E-state index in [-0.39, 0.29) is 5.91 Å². The largest absolute Gasteiger partial charge is 0.378 e. The summed E-state index contributed by atoms with van der Waals surface area (Å²) < 4.78 is 34.1. The lowest BCUT2D eigenvalue weighted by Crippen LogP contribution is -2.47. The van der Waals surface area contributed by atoms with Crippen LogP contribution in [-0.4, -0.2) is 102 Å². The van der Waals surface area contributed by atoms with Gasteiger partial charge >= 0.3 is 0 Å². The molecule has 2 N–H and O–H groups in total. The van der Waals surface area contributed by atoms with Gasteiger partial charge in [0.25, 0.3) is 0 Å². The molecule has 14 heteroatoms. The van der Waals surface area contributed by atoms with Gasteiger partial charge in [0.15, 0.2) is 11.6 Å². The Bertz CT molecular complexity index is 1710. The van der Waals surface area contributed by atoms with Gasteiger partial charge in [-0.1, -0.05) is 18.6 Å². The highest BCUT2D eigenvalue weighted by Gasteiger charge is 2.25. The maximum Gasteiger partial charge on any atom is 0.217 e. The SMILES string of the molecule is CS(=O)(=O)N1CCN(Cc2cc3nc(-c4cccc5c4cnn5CCCCCC(N)=O)nc(N4CCOCC4)c3s2)CC1. The number of sulfonamides is 1. The first-order valence-electron chi connectivity index (χ1n) is 14.8. The van der Waals surface area contributed by atoms with E-state index in [4.69, 9.17) is 20.4 Å². The molecule has 4 aromatic rings. The Kier molecular flexibility index (Phi) is 8.91. The number of fused-ring (bicyclic) bond motifs is 2. The van der Waals surface area contributed by atoms with E-state index in [0.717, 1.165) is 77.9 Å². The van der Waals surface area contributed by atoms with Crippen LogP contribution in [0.2, 0.25) is 0 Å².